The van der Waals surface area contributed by atoms with E-state index in [2.05, 4.69) is 9.97 Å². The summed E-state index contributed by atoms with van der Waals surface area (Å²) in [4.78, 5) is 24.2. The maximum absolute atomic E-state index is 14.1. The van der Waals surface area contributed by atoms with Crippen molar-refractivity contribution in [2.24, 2.45) is 0 Å². The predicted octanol–water partition coefficient (Wildman–Crippen LogP) is 2.19. The summed E-state index contributed by atoms with van der Waals surface area (Å²) in [6.07, 6.45) is -2.14. The second-order valence-electron chi connectivity index (χ2n) is 7.56. The number of hydrogen-bond donors (Lipinski definition) is 0. The van der Waals surface area contributed by atoms with Crippen LogP contribution < -0.4 is 15.4 Å². The molecule has 1 saturated heterocycles. The van der Waals surface area contributed by atoms with E-state index in [0.29, 0.717) is 25.6 Å². The molecule has 2 aromatic heterocycles. The van der Waals surface area contributed by atoms with E-state index in [9.17, 15) is 18.0 Å². The van der Waals surface area contributed by atoms with E-state index >= 15 is 0 Å². The molecule has 2 aliphatic rings. The largest absolute Gasteiger partial charge is 0.447 e. The third-order valence-electron chi connectivity index (χ3n) is 5.68. The molecule has 0 unspecified atom stereocenters. The fourth-order valence-electron chi connectivity index (χ4n) is 3.80. The maximum Gasteiger partial charge on any atom is 0.411 e. The summed E-state index contributed by atoms with van der Waals surface area (Å²) >= 11 is 0. The molecular formula is C18H22F3N5O3. The van der Waals surface area contributed by atoms with Crippen molar-refractivity contribution >= 4 is 11.8 Å². The molecule has 2 atom stereocenters. The zero-order valence-corrected chi connectivity index (χ0v) is 16.1. The molecule has 0 N–H and O–H groups in total. The van der Waals surface area contributed by atoms with Gasteiger partial charge in [0.05, 0.1) is 32.0 Å². The van der Waals surface area contributed by atoms with Gasteiger partial charge < -0.3 is 19.0 Å². The first-order valence-corrected chi connectivity index (χ1v) is 9.40. The number of rotatable bonds is 3. The van der Waals surface area contributed by atoms with E-state index in [1.165, 1.54) is 23.1 Å². The first kappa shape index (κ1) is 19.7. The lowest BCUT2D eigenvalue weighted by Crippen LogP contribution is -2.61. The molecule has 0 saturated carbocycles. The number of nitrogens with zero attached hydrogens (tertiary/aromatic N) is 5. The zero-order chi connectivity index (χ0) is 20.8. The Bertz CT molecular complexity index is 930. The summed E-state index contributed by atoms with van der Waals surface area (Å²) < 4.78 is 54.1. The average Bonchev–Trinajstić information content (AvgIpc) is 3.17. The molecule has 0 bridgehead atoms. The predicted molar refractivity (Wildman–Crippen MR) is 97.9 cm³/mol. The second-order valence-corrected chi connectivity index (χ2v) is 7.56. The normalized spacial score (nSPS) is 25.2. The van der Waals surface area contributed by atoms with Crippen molar-refractivity contribution in [3.63, 3.8) is 0 Å². The third kappa shape index (κ3) is 3.37. The van der Waals surface area contributed by atoms with E-state index < -0.39 is 11.7 Å². The minimum absolute atomic E-state index is 0.0320. The molecule has 2 aromatic rings. The van der Waals surface area contributed by atoms with Gasteiger partial charge in [-0.05, 0) is 20.3 Å². The number of morpholine rings is 1. The van der Waals surface area contributed by atoms with Gasteiger partial charge >= 0.3 is 6.18 Å². The molecule has 1 fully saturated rings. The Labute approximate surface area is 164 Å². The van der Waals surface area contributed by atoms with Gasteiger partial charge in [-0.3, -0.25) is 9.36 Å². The van der Waals surface area contributed by atoms with Crippen molar-refractivity contribution in [3.05, 3.63) is 34.8 Å². The van der Waals surface area contributed by atoms with Gasteiger partial charge in [-0.1, -0.05) is 0 Å². The highest BCUT2D eigenvalue weighted by molar-refractivity contribution is 5.49. The molecule has 29 heavy (non-hydrogen) atoms. The number of fused-ring (bicyclic) bond motifs is 1. The molecule has 158 valence electrons. The van der Waals surface area contributed by atoms with Crippen LogP contribution in [0.3, 0.4) is 0 Å². The SMILES string of the molecule is C[C@@H]1COCCN1c1cc(=O)n2c(n1)N(Cc1ncco1)[C@](C)(C(F)(F)F)CC2. The van der Waals surface area contributed by atoms with Crippen LogP contribution in [-0.4, -0.2) is 52.1 Å². The lowest BCUT2D eigenvalue weighted by Gasteiger charge is -2.46. The van der Waals surface area contributed by atoms with E-state index in [1.807, 2.05) is 11.8 Å². The fourth-order valence-corrected chi connectivity index (χ4v) is 3.80. The molecule has 0 spiro atoms. The van der Waals surface area contributed by atoms with Gasteiger partial charge in [-0.2, -0.15) is 18.2 Å². The molecule has 0 aliphatic carbocycles. The average molecular weight is 413 g/mol. The van der Waals surface area contributed by atoms with Crippen LogP contribution in [0.1, 0.15) is 26.2 Å². The van der Waals surface area contributed by atoms with Crippen molar-refractivity contribution in [2.45, 2.75) is 51.1 Å². The monoisotopic (exact) mass is 413 g/mol. The Kier molecular flexibility index (Phi) is 4.80. The van der Waals surface area contributed by atoms with Gasteiger partial charge in [0.2, 0.25) is 11.8 Å². The van der Waals surface area contributed by atoms with Crippen LogP contribution in [0.2, 0.25) is 0 Å². The molecule has 2 aliphatic heterocycles. The van der Waals surface area contributed by atoms with E-state index in [-0.39, 0.29) is 43.0 Å². The Morgan fingerprint density at radius 2 is 2.14 bits per heavy atom. The van der Waals surface area contributed by atoms with Crippen LogP contribution in [0.4, 0.5) is 24.9 Å². The Balaban J connectivity index is 1.83. The molecular weight excluding hydrogens is 391 g/mol. The van der Waals surface area contributed by atoms with Crippen LogP contribution in [-0.2, 0) is 17.8 Å². The molecule has 4 heterocycles. The molecule has 11 heteroatoms. The van der Waals surface area contributed by atoms with Crippen molar-refractivity contribution in [1.82, 2.24) is 14.5 Å². The van der Waals surface area contributed by atoms with E-state index in [4.69, 9.17) is 9.15 Å². The summed E-state index contributed by atoms with van der Waals surface area (Å²) in [5, 5.41) is 0. The summed E-state index contributed by atoms with van der Waals surface area (Å²) in [7, 11) is 0. The van der Waals surface area contributed by atoms with Gasteiger partial charge in [0.1, 0.15) is 17.6 Å². The molecule has 0 amide bonds. The highest BCUT2D eigenvalue weighted by atomic mass is 19.4. The summed E-state index contributed by atoms with van der Waals surface area (Å²) in [5.41, 5.74) is -2.60. The molecule has 4 rings (SSSR count). The van der Waals surface area contributed by atoms with Gasteiger partial charge in [0.15, 0.2) is 0 Å². The first-order valence-electron chi connectivity index (χ1n) is 9.40. The fraction of sp³-hybridized carbons (Fsp3) is 0.611. The highest BCUT2D eigenvalue weighted by Gasteiger charge is 2.57. The van der Waals surface area contributed by atoms with Gasteiger partial charge in [0.25, 0.3) is 5.56 Å². The van der Waals surface area contributed by atoms with Crippen molar-refractivity contribution in [1.29, 1.82) is 0 Å². The van der Waals surface area contributed by atoms with Crippen molar-refractivity contribution < 1.29 is 22.3 Å². The standard InChI is InChI=1S/C18H22F3N5O3/c1-12-11-28-8-6-24(12)13-9-15(27)25-5-3-17(2,18(19,20)21)26(16(25)23-13)10-14-22-4-7-29-14/h4,7,9,12H,3,5-6,8,10-11H2,1-2H3/t12-,17+/m1/s1. The number of aromatic nitrogens is 3. The van der Waals surface area contributed by atoms with Gasteiger partial charge in [-0.15, -0.1) is 0 Å². The Hall–Kier alpha value is -2.56. The maximum atomic E-state index is 14.1. The van der Waals surface area contributed by atoms with Crippen LogP contribution in [0.15, 0.2) is 27.7 Å². The number of oxazole rings is 1. The van der Waals surface area contributed by atoms with Crippen LogP contribution in [0.5, 0.6) is 0 Å². The second kappa shape index (κ2) is 7.05. The lowest BCUT2D eigenvalue weighted by atomic mass is 9.92. The first-order chi connectivity index (χ1) is 13.7. The molecule has 0 radical (unpaired) electrons. The van der Waals surface area contributed by atoms with Gasteiger partial charge in [0, 0.05) is 19.2 Å². The molecule has 0 aromatic carbocycles. The van der Waals surface area contributed by atoms with Gasteiger partial charge in [-0.25, -0.2) is 4.98 Å². The highest BCUT2D eigenvalue weighted by Crippen LogP contribution is 2.43. The summed E-state index contributed by atoms with van der Waals surface area (Å²) in [6.45, 7) is 4.14. The number of ether oxygens (including phenoxy) is 1. The Morgan fingerprint density at radius 3 is 2.79 bits per heavy atom. The zero-order valence-electron chi connectivity index (χ0n) is 16.1. The van der Waals surface area contributed by atoms with Crippen molar-refractivity contribution in [2.75, 3.05) is 29.6 Å². The van der Waals surface area contributed by atoms with E-state index in [1.54, 1.807) is 0 Å². The number of halogens is 3. The smallest absolute Gasteiger partial charge is 0.411 e. The lowest BCUT2D eigenvalue weighted by molar-refractivity contribution is -0.188. The van der Waals surface area contributed by atoms with Crippen LogP contribution >= 0.6 is 0 Å². The molecule has 8 nitrogen and oxygen atoms in total. The number of hydrogen-bond acceptors (Lipinski definition) is 7. The third-order valence-corrected chi connectivity index (χ3v) is 5.68. The van der Waals surface area contributed by atoms with Crippen LogP contribution in [0, 0.1) is 0 Å². The summed E-state index contributed by atoms with van der Waals surface area (Å²) in [6, 6.07) is 1.33. The minimum Gasteiger partial charge on any atom is -0.447 e. The quantitative estimate of drug-likeness (QED) is 0.763. The topological polar surface area (TPSA) is 76.6 Å². The number of alkyl halides is 3. The van der Waals surface area contributed by atoms with Crippen LogP contribution in [0.25, 0.3) is 0 Å². The Morgan fingerprint density at radius 1 is 1.34 bits per heavy atom. The summed E-state index contributed by atoms with van der Waals surface area (Å²) in [5.74, 6) is 0.435. The van der Waals surface area contributed by atoms with Crippen molar-refractivity contribution in [3.8, 4) is 0 Å². The van der Waals surface area contributed by atoms with E-state index in [0.717, 1.165) is 11.8 Å². The number of anilines is 2. The minimum atomic E-state index is -4.54.